The number of nitrogens with zero attached hydrogens (tertiary/aromatic N) is 14. The molecule has 136 heavy (non-hydrogen) atoms. The van der Waals surface area contributed by atoms with Crippen molar-refractivity contribution in [1.82, 2.24) is 65.0 Å². The van der Waals surface area contributed by atoms with E-state index in [1.54, 1.807) is 0 Å². The first-order chi connectivity index (χ1) is 64.8. The predicted octanol–water partition coefficient (Wildman–Crippen LogP) is 18.9. The lowest BCUT2D eigenvalue weighted by Crippen LogP contribution is -2.55. The van der Waals surface area contributed by atoms with Crippen molar-refractivity contribution in [3.05, 3.63) is 148 Å². The number of aliphatic hydroxyl groups excluding tert-OH is 1. The van der Waals surface area contributed by atoms with Crippen molar-refractivity contribution in [2.45, 2.75) is 350 Å². The van der Waals surface area contributed by atoms with Gasteiger partial charge in [-0.3, -0.25) is 14.4 Å². The first-order valence-corrected chi connectivity index (χ1v) is 51.1. The molecule has 19 atom stereocenters. The second kappa shape index (κ2) is 39.2. The summed E-state index contributed by atoms with van der Waals surface area (Å²) in [6.45, 7) is 61.3. The summed E-state index contributed by atoms with van der Waals surface area (Å²) in [6, 6.07) is -0.553. The van der Waals surface area contributed by atoms with Gasteiger partial charge in [-0.05, 0) is 221 Å². The Hall–Kier alpha value is -9.14. The second-order valence-corrected chi connectivity index (χ2v) is 42.9. The van der Waals surface area contributed by atoms with Crippen molar-refractivity contribution in [3.63, 3.8) is 0 Å². The SMILES string of the molecule is CCOc1nc(C)nc2c1CC[C@H]1[C@H](C)C(=O)/C(=C\O)C[C@]21C.CCOc1nc(C)nc2c1CC[C@H]1[C@H](C)C(=O)CC[C@]21C.CCOc1nc(C)nc2c1CC[C@H]1[C@H](C)C3(CC[C@]21C)OCCO3.CCOc1nc(C)nc2c1CC[C@H]1[C@H](C)c3oncc3C[C@]21C.Cc1nc(Cl)c2c(n1)[C@@]1(C)CCC3(OCCO3)[C@@H](C)[C@@H]1CC2.[C-]#[N+]C1C[C@]2(C)c3nc(C)nc(OCC)c3CC[C@H]2[C@H](C)C1=O. The van der Waals surface area contributed by atoms with Gasteiger partial charge in [0, 0.05) is 138 Å². The van der Waals surface area contributed by atoms with Gasteiger partial charge in [0.2, 0.25) is 35.2 Å². The molecule has 21 rings (SSSR count). The van der Waals surface area contributed by atoms with Crippen LogP contribution < -0.4 is 23.7 Å². The quantitative estimate of drug-likeness (QED) is 0.0575. The number of aromatic nitrogens is 13. The molecule has 2 spiro atoms. The minimum Gasteiger partial charge on any atom is -0.515 e. The number of halogens is 1. The highest BCUT2D eigenvalue weighted by atomic mass is 35.5. The van der Waals surface area contributed by atoms with Gasteiger partial charge in [0.1, 0.15) is 51.6 Å². The molecule has 7 aromatic rings. The summed E-state index contributed by atoms with van der Waals surface area (Å²) in [5, 5.41) is 14.2. The van der Waals surface area contributed by atoms with Crippen LogP contribution in [-0.2, 0) is 111 Å². The number of carbonyl (C=O) groups is 3. The van der Waals surface area contributed by atoms with Gasteiger partial charge in [0.15, 0.2) is 17.4 Å². The Morgan fingerprint density at radius 1 is 0.412 bits per heavy atom. The molecular formula is C107H145ClN14O14. The molecule has 29 heteroatoms. The Morgan fingerprint density at radius 2 is 0.743 bits per heavy atom. The molecule has 0 aromatic carbocycles. The van der Waals surface area contributed by atoms with E-state index < -0.39 is 6.04 Å². The maximum Gasteiger partial charge on any atom is 0.282 e. The minimum atomic E-state index is -0.553. The Kier molecular flexibility index (Phi) is 28.7. The Labute approximate surface area is 808 Å². The first-order valence-electron chi connectivity index (χ1n) is 50.7. The molecular weight excluding hydrogens is 1740 g/mol. The lowest BCUT2D eigenvalue weighted by Gasteiger charge is -2.54. The second-order valence-electron chi connectivity index (χ2n) is 42.5. The summed E-state index contributed by atoms with van der Waals surface area (Å²) in [7, 11) is 0. The van der Waals surface area contributed by atoms with Gasteiger partial charge in [-0.1, -0.05) is 99.8 Å². The molecule has 9 heterocycles. The van der Waals surface area contributed by atoms with Crippen LogP contribution in [0.25, 0.3) is 4.85 Å². The highest BCUT2D eigenvalue weighted by Gasteiger charge is 2.62. The van der Waals surface area contributed by atoms with Crippen LogP contribution in [0.2, 0.25) is 5.15 Å². The van der Waals surface area contributed by atoms with Crippen LogP contribution in [0.1, 0.15) is 327 Å². The summed E-state index contributed by atoms with van der Waals surface area (Å²) < 4.78 is 58.6. The van der Waals surface area contributed by atoms with E-state index in [1.165, 1.54) is 39.3 Å². The molecule has 28 nitrogen and oxygen atoms in total. The molecule has 0 bridgehead atoms. The maximum absolute atomic E-state index is 12.4. The average molecular weight is 1890 g/mol. The van der Waals surface area contributed by atoms with Gasteiger partial charge in [-0.2, -0.15) is 24.9 Å². The van der Waals surface area contributed by atoms with Crippen LogP contribution in [0, 0.1) is 113 Å². The monoisotopic (exact) mass is 1890 g/mol. The molecule has 1 N–H and O–H groups in total. The van der Waals surface area contributed by atoms with Crippen molar-refractivity contribution >= 4 is 29.0 Å². The molecule has 734 valence electrons. The van der Waals surface area contributed by atoms with Crippen molar-refractivity contribution in [2.75, 3.05) is 59.5 Å². The summed E-state index contributed by atoms with van der Waals surface area (Å²) in [6.07, 6.45) is 22.1. The third-order valence-corrected chi connectivity index (χ3v) is 35.2. The number of Topliss-reactive ketones (excluding diaryl/α,β-unsaturated/α-hetero) is 3. The zero-order valence-corrected chi connectivity index (χ0v) is 85.5. The summed E-state index contributed by atoms with van der Waals surface area (Å²) in [4.78, 5) is 96.1. The van der Waals surface area contributed by atoms with Gasteiger partial charge in [0.05, 0.1) is 106 Å². The van der Waals surface area contributed by atoms with Crippen LogP contribution in [0.5, 0.6) is 29.4 Å². The molecule has 7 aromatic heterocycles. The van der Waals surface area contributed by atoms with Gasteiger partial charge >= 0.3 is 0 Å². The number of hydrogen-bond donors (Lipinski definition) is 1. The molecule has 0 radical (unpaired) electrons. The Bertz CT molecular complexity index is 5750. The summed E-state index contributed by atoms with van der Waals surface area (Å²) in [5.41, 5.74) is 14.8. The summed E-state index contributed by atoms with van der Waals surface area (Å²) >= 11 is 6.40. The summed E-state index contributed by atoms with van der Waals surface area (Å²) in [5.74, 6) is 12.6. The highest BCUT2D eigenvalue weighted by molar-refractivity contribution is 6.30. The van der Waals surface area contributed by atoms with Gasteiger partial charge in [-0.15, -0.1) is 0 Å². The minimum absolute atomic E-state index is 0.00882. The first kappa shape index (κ1) is 99.9. The van der Waals surface area contributed by atoms with Crippen molar-refractivity contribution in [3.8, 4) is 29.4 Å². The van der Waals surface area contributed by atoms with Crippen LogP contribution >= 0.6 is 11.6 Å². The Balaban J connectivity index is 0.000000118. The lowest BCUT2D eigenvalue weighted by molar-refractivity contribution is -0.235. The Morgan fingerprint density at radius 3 is 1.13 bits per heavy atom. The molecule has 14 aliphatic rings. The van der Waals surface area contributed by atoms with Crippen LogP contribution in [-0.4, -0.2) is 164 Å². The molecule has 5 saturated carbocycles. The number of ketones is 3. The maximum atomic E-state index is 12.4. The van der Waals surface area contributed by atoms with E-state index in [2.05, 4.69) is 109 Å². The number of aliphatic hydroxyl groups is 1. The van der Waals surface area contributed by atoms with E-state index in [4.69, 9.17) is 95.2 Å². The number of fused-ring (bicyclic) bond motifs is 19. The number of aryl methyl sites for hydroxylation is 6. The largest absolute Gasteiger partial charge is 0.515 e. The molecule has 2 aliphatic heterocycles. The van der Waals surface area contributed by atoms with Crippen LogP contribution in [0.4, 0.5) is 0 Å². The van der Waals surface area contributed by atoms with E-state index in [0.29, 0.717) is 134 Å². The van der Waals surface area contributed by atoms with E-state index in [0.717, 1.165) is 229 Å². The fourth-order valence-electron chi connectivity index (χ4n) is 28.1. The molecule has 7 fully saturated rings. The molecule has 1 unspecified atom stereocenters. The van der Waals surface area contributed by atoms with Crippen molar-refractivity contribution in [1.29, 1.82) is 0 Å². The van der Waals surface area contributed by atoms with Gasteiger partial charge in [0.25, 0.3) is 6.04 Å². The van der Waals surface area contributed by atoms with Crippen molar-refractivity contribution in [2.24, 2.45) is 65.1 Å². The number of hydrogen-bond acceptors (Lipinski definition) is 27. The highest BCUT2D eigenvalue weighted by Crippen LogP contribution is 2.62. The number of carbonyl (C=O) groups excluding carboxylic acids is 3. The van der Waals surface area contributed by atoms with E-state index in [-0.39, 0.29) is 85.2 Å². The average Bonchev–Trinajstić information content (AvgIpc) is 1.23. The molecule has 0 amide bonds. The fraction of sp³-hybridized carbons (Fsp3) is 0.692. The fourth-order valence-corrected chi connectivity index (χ4v) is 28.4. The van der Waals surface area contributed by atoms with E-state index in [1.807, 2.05) is 96.2 Å². The smallest absolute Gasteiger partial charge is 0.282 e. The predicted molar refractivity (Wildman–Crippen MR) is 513 cm³/mol. The molecule has 12 aliphatic carbocycles. The van der Waals surface area contributed by atoms with Gasteiger partial charge in [-0.25, -0.2) is 41.5 Å². The zero-order valence-electron chi connectivity index (χ0n) is 84.8. The van der Waals surface area contributed by atoms with E-state index in [9.17, 15) is 19.5 Å². The van der Waals surface area contributed by atoms with Gasteiger partial charge < -0.3 is 57.1 Å². The topological polar surface area (TPSA) is 340 Å². The normalized spacial score (nSPS) is 32.4. The lowest BCUT2D eigenvalue weighted by atomic mass is 9.55. The number of rotatable bonds is 10. The standard InChI is InChI=1S/C19H28N2O3.2C18H23N3O2.C18H24N2O3.C17H23ClN2O2.C17H24N2O2/c1-5-22-17-14-6-7-15-12(2)19(23-10-11-24-19)9-8-18(15,4)16(14)20-13(3)21-17;1-5-22-17-13-6-7-14-10(2)15-12(9-19-23-15)8-18(14,4)16(13)20-11(3)21-17;1-6-23-17-12-7-8-13-10(2)15(22)14(19-5)9-18(13,4)16(12)20-11(3)21-17;1-5-23-17-13-6-7-14-10(2)15(22)12(9-21)8-18(14,4)16(13)19-11(3)20-17;1-10-13-5-4-12-14(19-11(2)20-15(12)18)16(13,3)6-7-17(10)21-8-9-22-17;1-5-21-16-12-6-7-13-10(2)14(20)8-9-17(13,4)15(12)18-11(3)19-16/h12,15H,5-11H2,1-4H3;9-10,14H,5-8H2,1-4H3;10,13-14H,6-9H2,1-4H3;9-10,14,21H,5-8H2,1-4H3;10,13H,4-9H2,1-3H3;10,13H,5-9H2,1-4H3/b;;;12-9-;;/t12-,15-,18-;10-,14-,18-;10-,13-,14?,18-;10-,14-,18-;10-,13-,16-;10-,13-,17-/m000000/s1. The van der Waals surface area contributed by atoms with E-state index >= 15 is 0 Å². The van der Waals surface area contributed by atoms with Crippen LogP contribution in [0.3, 0.4) is 0 Å². The number of allylic oxidation sites excluding steroid dienone is 1. The third-order valence-electron chi connectivity index (χ3n) is 34.9. The molecule has 2 saturated heterocycles. The van der Waals surface area contributed by atoms with Crippen LogP contribution in [0.15, 0.2) is 22.6 Å². The third kappa shape index (κ3) is 17.5. The van der Waals surface area contributed by atoms with Crippen molar-refractivity contribution < 1.29 is 66.6 Å². The number of ether oxygens (including phenoxy) is 9. The zero-order chi connectivity index (χ0) is 97.4.